The standard InChI is InChI=1S/C9H8F2N2O/c10-9(11)5-13(6-9)8-2-1-7(4-14)3-12-8/h1-4H,5-6H2. The van der Waals surface area contributed by atoms with Crippen LogP contribution in [0.1, 0.15) is 10.4 Å². The molecule has 1 aliphatic rings. The van der Waals surface area contributed by atoms with Crippen LogP contribution in [0.5, 0.6) is 0 Å². The highest BCUT2D eigenvalue weighted by Crippen LogP contribution is 2.30. The zero-order valence-corrected chi connectivity index (χ0v) is 7.28. The van der Waals surface area contributed by atoms with Crippen molar-refractivity contribution in [1.82, 2.24) is 4.98 Å². The van der Waals surface area contributed by atoms with E-state index in [1.54, 1.807) is 12.1 Å². The number of carbonyl (C=O) groups is 1. The number of hydrogen-bond donors (Lipinski definition) is 0. The van der Waals surface area contributed by atoms with Gasteiger partial charge in [-0.05, 0) is 12.1 Å². The number of alkyl halides is 2. The van der Waals surface area contributed by atoms with Gasteiger partial charge in [0, 0.05) is 11.8 Å². The fraction of sp³-hybridized carbons (Fsp3) is 0.333. The lowest BCUT2D eigenvalue weighted by Crippen LogP contribution is -2.56. The van der Waals surface area contributed by atoms with Crippen molar-refractivity contribution in [2.75, 3.05) is 18.0 Å². The van der Waals surface area contributed by atoms with Gasteiger partial charge in [-0.1, -0.05) is 0 Å². The Morgan fingerprint density at radius 2 is 2.14 bits per heavy atom. The maximum absolute atomic E-state index is 12.5. The largest absolute Gasteiger partial charge is 0.344 e. The predicted molar refractivity (Wildman–Crippen MR) is 46.8 cm³/mol. The van der Waals surface area contributed by atoms with Crippen molar-refractivity contribution >= 4 is 12.1 Å². The smallest absolute Gasteiger partial charge is 0.282 e. The third kappa shape index (κ3) is 1.57. The van der Waals surface area contributed by atoms with E-state index < -0.39 is 5.92 Å². The highest BCUT2D eigenvalue weighted by Gasteiger charge is 2.44. The molecule has 0 spiro atoms. The van der Waals surface area contributed by atoms with Crippen molar-refractivity contribution in [1.29, 1.82) is 0 Å². The molecule has 0 radical (unpaired) electrons. The number of nitrogens with zero attached hydrogens (tertiary/aromatic N) is 2. The highest BCUT2D eigenvalue weighted by atomic mass is 19.3. The topological polar surface area (TPSA) is 33.2 Å². The average molecular weight is 198 g/mol. The Bertz CT molecular complexity index is 342. The highest BCUT2D eigenvalue weighted by molar-refractivity contribution is 5.74. The van der Waals surface area contributed by atoms with Crippen LogP contribution in [-0.4, -0.2) is 30.3 Å². The molecule has 0 aliphatic carbocycles. The van der Waals surface area contributed by atoms with E-state index >= 15 is 0 Å². The molecule has 1 fully saturated rings. The van der Waals surface area contributed by atoms with E-state index in [1.165, 1.54) is 11.1 Å². The van der Waals surface area contributed by atoms with Crippen LogP contribution in [0.4, 0.5) is 14.6 Å². The lowest BCUT2D eigenvalue weighted by atomic mass is 10.1. The van der Waals surface area contributed by atoms with Gasteiger partial charge in [-0.3, -0.25) is 4.79 Å². The van der Waals surface area contributed by atoms with Gasteiger partial charge < -0.3 is 4.90 Å². The second-order valence-electron chi connectivity index (χ2n) is 3.28. The zero-order chi connectivity index (χ0) is 10.2. The first-order valence-corrected chi connectivity index (χ1v) is 4.15. The van der Waals surface area contributed by atoms with Crippen LogP contribution in [0, 0.1) is 0 Å². The molecule has 0 aromatic carbocycles. The van der Waals surface area contributed by atoms with Gasteiger partial charge in [-0.25, -0.2) is 13.8 Å². The monoisotopic (exact) mass is 198 g/mol. The van der Waals surface area contributed by atoms with Crippen LogP contribution < -0.4 is 4.90 Å². The molecular weight excluding hydrogens is 190 g/mol. The Morgan fingerprint density at radius 3 is 2.57 bits per heavy atom. The molecular formula is C9H8F2N2O. The summed E-state index contributed by atoms with van der Waals surface area (Å²) in [6.07, 6.45) is 2.04. The summed E-state index contributed by atoms with van der Waals surface area (Å²) in [6.45, 7) is -0.582. The first-order valence-electron chi connectivity index (χ1n) is 4.15. The summed E-state index contributed by atoms with van der Waals surface area (Å²) in [6, 6.07) is 3.13. The van der Waals surface area contributed by atoms with Crippen LogP contribution >= 0.6 is 0 Å². The molecule has 1 saturated heterocycles. The van der Waals surface area contributed by atoms with E-state index in [1.807, 2.05) is 0 Å². The third-order valence-corrected chi connectivity index (χ3v) is 2.08. The molecule has 0 atom stereocenters. The first-order chi connectivity index (χ1) is 6.61. The van der Waals surface area contributed by atoms with Gasteiger partial charge in [-0.15, -0.1) is 0 Å². The maximum Gasteiger partial charge on any atom is 0.282 e. The predicted octanol–water partition coefficient (Wildman–Crippen LogP) is 1.35. The summed E-state index contributed by atoms with van der Waals surface area (Å²) in [7, 11) is 0. The first kappa shape index (κ1) is 9.05. The minimum Gasteiger partial charge on any atom is -0.344 e. The number of carbonyl (C=O) groups excluding carboxylic acids is 1. The number of aldehydes is 1. The molecule has 14 heavy (non-hydrogen) atoms. The molecule has 1 aromatic rings. The van der Waals surface area contributed by atoms with Crippen LogP contribution in [0.2, 0.25) is 0 Å². The van der Waals surface area contributed by atoms with Crippen molar-refractivity contribution < 1.29 is 13.6 Å². The summed E-state index contributed by atoms with van der Waals surface area (Å²) in [5.74, 6) is -2.10. The van der Waals surface area contributed by atoms with Crippen LogP contribution in [-0.2, 0) is 0 Å². The molecule has 2 rings (SSSR count). The molecule has 3 nitrogen and oxygen atoms in total. The van der Waals surface area contributed by atoms with E-state index in [4.69, 9.17) is 0 Å². The maximum atomic E-state index is 12.5. The lowest BCUT2D eigenvalue weighted by molar-refractivity contribution is -0.0267. The molecule has 1 aromatic heterocycles. The van der Waals surface area contributed by atoms with Crippen molar-refractivity contribution in [3.63, 3.8) is 0 Å². The molecule has 5 heteroatoms. The van der Waals surface area contributed by atoms with Crippen LogP contribution in [0.15, 0.2) is 18.3 Å². The SMILES string of the molecule is O=Cc1ccc(N2CC(F)(F)C2)nc1. The normalized spacial score (nSPS) is 18.9. The fourth-order valence-electron chi connectivity index (χ4n) is 1.33. The molecule has 2 heterocycles. The van der Waals surface area contributed by atoms with E-state index in [0.717, 1.165) is 0 Å². The summed E-state index contributed by atoms with van der Waals surface area (Å²) < 4.78 is 25.0. The minimum atomic E-state index is -2.59. The van der Waals surface area contributed by atoms with Crippen LogP contribution in [0.3, 0.4) is 0 Å². The van der Waals surface area contributed by atoms with E-state index in [9.17, 15) is 13.6 Å². The van der Waals surface area contributed by atoms with E-state index in [-0.39, 0.29) is 13.1 Å². The van der Waals surface area contributed by atoms with Gasteiger partial charge in [0.2, 0.25) is 0 Å². The zero-order valence-electron chi connectivity index (χ0n) is 7.28. The van der Waals surface area contributed by atoms with Gasteiger partial charge in [-0.2, -0.15) is 0 Å². The summed E-state index contributed by atoms with van der Waals surface area (Å²) in [5, 5.41) is 0. The molecule has 1 aliphatic heterocycles. The minimum absolute atomic E-state index is 0.291. The molecule has 74 valence electrons. The van der Waals surface area contributed by atoms with Crippen LogP contribution in [0.25, 0.3) is 0 Å². The van der Waals surface area contributed by atoms with Gasteiger partial charge in [0.25, 0.3) is 5.92 Å². The quantitative estimate of drug-likeness (QED) is 0.672. The van der Waals surface area contributed by atoms with Crippen molar-refractivity contribution in [2.24, 2.45) is 0 Å². The Balaban J connectivity index is 2.08. The van der Waals surface area contributed by atoms with E-state index in [0.29, 0.717) is 17.7 Å². The molecule has 0 bridgehead atoms. The molecule has 0 saturated carbocycles. The number of anilines is 1. The second kappa shape index (κ2) is 3.01. The number of pyridine rings is 1. The number of hydrogen-bond acceptors (Lipinski definition) is 3. The fourth-order valence-corrected chi connectivity index (χ4v) is 1.33. The summed E-state index contributed by atoms with van der Waals surface area (Å²) >= 11 is 0. The number of aromatic nitrogens is 1. The van der Waals surface area contributed by atoms with Crippen molar-refractivity contribution in [3.8, 4) is 0 Å². The molecule has 0 N–H and O–H groups in total. The average Bonchev–Trinajstić information content (AvgIpc) is 2.14. The van der Waals surface area contributed by atoms with Crippen molar-refractivity contribution in [3.05, 3.63) is 23.9 Å². The Hall–Kier alpha value is -1.52. The second-order valence-corrected chi connectivity index (χ2v) is 3.28. The van der Waals surface area contributed by atoms with E-state index in [2.05, 4.69) is 4.98 Å². The third-order valence-electron chi connectivity index (χ3n) is 2.08. The summed E-state index contributed by atoms with van der Waals surface area (Å²) in [5.41, 5.74) is 0.445. The van der Waals surface area contributed by atoms with Crippen molar-refractivity contribution in [2.45, 2.75) is 5.92 Å². The molecule has 0 unspecified atom stereocenters. The Labute approximate surface area is 79.4 Å². The molecule has 0 amide bonds. The number of rotatable bonds is 2. The Morgan fingerprint density at radius 1 is 1.43 bits per heavy atom. The Kier molecular flexibility index (Phi) is 1.94. The van der Waals surface area contributed by atoms with Gasteiger partial charge in [0.15, 0.2) is 6.29 Å². The number of halogens is 2. The van der Waals surface area contributed by atoms with Gasteiger partial charge in [0.05, 0.1) is 13.1 Å². The van der Waals surface area contributed by atoms with Gasteiger partial charge >= 0.3 is 0 Å². The lowest BCUT2D eigenvalue weighted by Gasteiger charge is -2.39. The summed E-state index contributed by atoms with van der Waals surface area (Å²) in [4.78, 5) is 15.7. The van der Waals surface area contributed by atoms with Gasteiger partial charge in [0.1, 0.15) is 5.82 Å².